The lowest BCUT2D eigenvalue weighted by atomic mass is 9.79. The van der Waals surface area contributed by atoms with E-state index in [-0.39, 0.29) is 5.92 Å². The largest absolute Gasteiger partial charge is 0.342 e. The summed E-state index contributed by atoms with van der Waals surface area (Å²) < 4.78 is 2.33. The van der Waals surface area contributed by atoms with Crippen molar-refractivity contribution in [3.05, 3.63) is 30.1 Å². The van der Waals surface area contributed by atoms with E-state index in [0.29, 0.717) is 17.9 Å². The van der Waals surface area contributed by atoms with Gasteiger partial charge >= 0.3 is 0 Å². The van der Waals surface area contributed by atoms with Crippen LogP contribution in [0.15, 0.2) is 24.5 Å². The maximum Gasteiger partial charge on any atom is 0.225 e. The minimum absolute atomic E-state index is 0.266. The zero-order chi connectivity index (χ0) is 17.4. The molecule has 1 aliphatic carbocycles. The molecule has 0 radical (unpaired) electrons. The quantitative estimate of drug-likeness (QED) is 0.816. The molecule has 1 amide bonds. The molecule has 2 heterocycles. The summed E-state index contributed by atoms with van der Waals surface area (Å²) in [6.45, 7) is 6.16. The van der Waals surface area contributed by atoms with Gasteiger partial charge in [-0.2, -0.15) is 0 Å². The van der Waals surface area contributed by atoms with Crippen molar-refractivity contribution >= 4 is 16.9 Å². The van der Waals surface area contributed by atoms with Gasteiger partial charge in [0.15, 0.2) is 0 Å². The Labute approximate surface area is 150 Å². The molecule has 0 N–H and O–H groups in total. The highest BCUT2D eigenvalue weighted by Gasteiger charge is 2.33. The van der Waals surface area contributed by atoms with E-state index >= 15 is 0 Å². The fourth-order valence-electron chi connectivity index (χ4n) is 4.71. The first-order valence-corrected chi connectivity index (χ1v) is 9.85. The second-order valence-electron chi connectivity index (χ2n) is 8.07. The molecule has 2 aliphatic rings. The van der Waals surface area contributed by atoms with Gasteiger partial charge in [-0.05, 0) is 56.2 Å². The first kappa shape index (κ1) is 16.6. The van der Waals surface area contributed by atoms with E-state index in [9.17, 15) is 4.79 Å². The summed E-state index contributed by atoms with van der Waals surface area (Å²) in [4.78, 5) is 19.6. The van der Waals surface area contributed by atoms with Gasteiger partial charge in [0.05, 0.1) is 17.4 Å². The fourth-order valence-corrected chi connectivity index (χ4v) is 4.71. The third-order valence-electron chi connectivity index (χ3n) is 6.33. The molecule has 0 bridgehead atoms. The van der Waals surface area contributed by atoms with E-state index in [4.69, 9.17) is 0 Å². The van der Waals surface area contributed by atoms with Crippen molar-refractivity contribution in [1.29, 1.82) is 0 Å². The summed E-state index contributed by atoms with van der Waals surface area (Å²) in [5.74, 6) is 1.23. The van der Waals surface area contributed by atoms with E-state index in [0.717, 1.165) is 37.9 Å². The van der Waals surface area contributed by atoms with Crippen LogP contribution in [0.3, 0.4) is 0 Å². The number of aromatic nitrogens is 2. The van der Waals surface area contributed by atoms with Gasteiger partial charge in [-0.25, -0.2) is 4.98 Å². The Kier molecular flexibility index (Phi) is 4.53. The lowest BCUT2D eigenvalue weighted by Gasteiger charge is -2.37. The number of imidazole rings is 1. The Bertz CT molecular complexity index is 758. The fraction of sp³-hybridized carbons (Fsp3) is 0.619. The number of piperidine rings is 1. The number of nitrogens with zero attached hydrogens (tertiary/aromatic N) is 3. The molecule has 2 aromatic rings. The summed E-state index contributed by atoms with van der Waals surface area (Å²) in [7, 11) is 0. The number of amides is 1. The van der Waals surface area contributed by atoms with Crippen molar-refractivity contribution in [1.82, 2.24) is 14.5 Å². The predicted molar refractivity (Wildman–Crippen MR) is 100 cm³/mol. The molecule has 1 saturated heterocycles. The minimum Gasteiger partial charge on any atom is -0.342 e. The number of hydrogen-bond donors (Lipinski definition) is 0. The molecule has 4 nitrogen and oxygen atoms in total. The summed E-state index contributed by atoms with van der Waals surface area (Å²) >= 11 is 0. The first-order chi connectivity index (χ1) is 12.1. The second kappa shape index (κ2) is 6.81. The van der Waals surface area contributed by atoms with Crippen molar-refractivity contribution in [2.24, 2.45) is 11.8 Å². The average Bonchev–Trinajstić information content (AvgIpc) is 3.05. The van der Waals surface area contributed by atoms with Crippen LogP contribution in [0.5, 0.6) is 0 Å². The first-order valence-electron chi connectivity index (χ1n) is 9.85. The standard InChI is InChI=1S/C21H29N3O/c1-15-7-8-19-20(13-15)24(14-22-19)17-9-11-23(12-10-17)21(25)18-6-4-3-5-16(18)2/h7-8,13-14,16-18H,3-6,9-12H2,1-2H3/t16-,18-/m1/s1. The molecule has 2 atom stereocenters. The van der Waals surface area contributed by atoms with Gasteiger partial charge in [-0.3, -0.25) is 4.79 Å². The number of hydrogen-bond acceptors (Lipinski definition) is 2. The lowest BCUT2D eigenvalue weighted by molar-refractivity contribution is -0.139. The minimum atomic E-state index is 0.266. The molecule has 1 aromatic carbocycles. The van der Waals surface area contributed by atoms with E-state index in [1.807, 2.05) is 6.33 Å². The number of carbonyl (C=O) groups is 1. The topological polar surface area (TPSA) is 38.1 Å². The number of rotatable bonds is 2. The average molecular weight is 339 g/mol. The van der Waals surface area contributed by atoms with Crippen molar-refractivity contribution < 1.29 is 4.79 Å². The van der Waals surface area contributed by atoms with Crippen LogP contribution in [0.1, 0.15) is 57.1 Å². The van der Waals surface area contributed by atoms with Crippen LogP contribution >= 0.6 is 0 Å². The number of fused-ring (bicyclic) bond motifs is 1. The molecule has 0 spiro atoms. The lowest BCUT2D eigenvalue weighted by Crippen LogP contribution is -2.44. The van der Waals surface area contributed by atoms with E-state index in [1.165, 1.54) is 30.3 Å². The van der Waals surface area contributed by atoms with Gasteiger partial charge < -0.3 is 9.47 Å². The van der Waals surface area contributed by atoms with Crippen LogP contribution in [-0.4, -0.2) is 33.4 Å². The van der Waals surface area contributed by atoms with E-state index in [1.54, 1.807) is 0 Å². The number of aryl methyl sites for hydroxylation is 1. The molecule has 1 saturated carbocycles. The van der Waals surface area contributed by atoms with Gasteiger partial charge in [0.2, 0.25) is 5.91 Å². The number of carbonyl (C=O) groups excluding carboxylic acids is 1. The Morgan fingerprint density at radius 3 is 2.64 bits per heavy atom. The normalized spacial score (nSPS) is 25.4. The third-order valence-corrected chi connectivity index (χ3v) is 6.33. The Balaban J connectivity index is 1.44. The molecule has 2 fully saturated rings. The second-order valence-corrected chi connectivity index (χ2v) is 8.07. The zero-order valence-corrected chi connectivity index (χ0v) is 15.4. The highest BCUT2D eigenvalue weighted by molar-refractivity contribution is 5.79. The highest BCUT2D eigenvalue weighted by Crippen LogP contribution is 2.33. The maximum absolute atomic E-state index is 12.9. The molecule has 0 unspecified atom stereocenters. The van der Waals surface area contributed by atoms with Crippen LogP contribution in [-0.2, 0) is 4.79 Å². The molecule has 4 rings (SSSR count). The van der Waals surface area contributed by atoms with Crippen molar-refractivity contribution in [3.8, 4) is 0 Å². The Morgan fingerprint density at radius 2 is 1.88 bits per heavy atom. The van der Waals surface area contributed by atoms with Crippen LogP contribution in [0.4, 0.5) is 0 Å². The van der Waals surface area contributed by atoms with Gasteiger partial charge in [0.25, 0.3) is 0 Å². The van der Waals surface area contributed by atoms with Gasteiger partial charge in [-0.1, -0.05) is 25.8 Å². The summed E-state index contributed by atoms with van der Waals surface area (Å²) in [5.41, 5.74) is 3.57. The van der Waals surface area contributed by atoms with Crippen LogP contribution in [0.2, 0.25) is 0 Å². The monoisotopic (exact) mass is 339 g/mol. The third kappa shape index (κ3) is 3.19. The molecular weight excluding hydrogens is 310 g/mol. The number of likely N-dealkylation sites (tertiary alicyclic amines) is 1. The van der Waals surface area contributed by atoms with E-state index in [2.05, 4.69) is 46.5 Å². The van der Waals surface area contributed by atoms with Gasteiger partial charge in [0.1, 0.15) is 0 Å². The van der Waals surface area contributed by atoms with Crippen LogP contribution < -0.4 is 0 Å². The van der Waals surface area contributed by atoms with E-state index < -0.39 is 0 Å². The zero-order valence-electron chi connectivity index (χ0n) is 15.4. The SMILES string of the molecule is Cc1ccc2ncn(C3CCN(C(=O)[C@@H]4CCCC[C@H]4C)CC3)c2c1. The van der Waals surface area contributed by atoms with Crippen molar-refractivity contribution in [3.63, 3.8) is 0 Å². The van der Waals surface area contributed by atoms with Gasteiger partial charge in [-0.15, -0.1) is 0 Å². The molecule has 1 aromatic heterocycles. The summed E-state index contributed by atoms with van der Waals surface area (Å²) in [6.07, 6.45) is 8.87. The Hall–Kier alpha value is -1.84. The van der Waals surface area contributed by atoms with Crippen LogP contribution in [0.25, 0.3) is 11.0 Å². The molecular formula is C21H29N3O. The van der Waals surface area contributed by atoms with Crippen molar-refractivity contribution in [2.75, 3.05) is 13.1 Å². The molecule has 25 heavy (non-hydrogen) atoms. The number of benzene rings is 1. The maximum atomic E-state index is 12.9. The molecule has 1 aliphatic heterocycles. The Morgan fingerprint density at radius 1 is 1.12 bits per heavy atom. The summed E-state index contributed by atoms with van der Waals surface area (Å²) in [6, 6.07) is 6.90. The summed E-state index contributed by atoms with van der Waals surface area (Å²) in [5, 5.41) is 0. The van der Waals surface area contributed by atoms with Gasteiger partial charge in [0, 0.05) is 25.0 Å². The highest BCUT2D eigenvalue weighted by atomic mass is 16.2. The van der Waals surface area contributed by atoms with Crippen LogP contribution in [0, 0.1) is 18.8 Å². The molecule has 4 heteroatoms. The predicted octanol–water partition coefficient (Wildman–Crippen LogP) is 4.33. The molecule has 134 valence electrons. The van der Waals surface area contributed by atoms with Crippen molar-refractivity contribution in [2.45, 2.75) is 58.4 Å². The smallest absolute Gasteiger partial charge is 0.225 e.